The average molecular weight is 141 g/mol. The van der Waals surface area contributed by atoms with Crippen LogP contribution in [0, 0.1) is 0 Å². The molecule has 0 saturated carbocycles. The second-order valence-corrected chi connectivity index (χ2v) is 3.61. The lowest BCUT2D eigenvalue weighted by atomic mass is 10.0. The molecule has 1 N–H and O–H groups in total. The molecule has 10 heavy (non-hydrogen) atoms. The molecule has 2 heterocycles. The van der Waals surface area contributed by atoms with E-state index in [9.17, 15) is 5.11 Å². The molecule has 2 aliphatic rings. The molecular formula is C8H15NO. The quantitative estimate of drug-likeness (QED) is 0.534. The van der Waals surface area contributed by atoms with Gasteiger partial charge in [-0.1, -0.05) is 0 Å². The smallest absolute Gasteiger partial charge is 0.0696 e. The van der Waals surface area contributed by atoms with E-state index in [-0.39, 0.29) is 6.10 Å². The first-order chi connectivity index (χ1) is 4.79. The Balaban J connectivity index is 2.13. The summed E-state index contributed by atoms with van der Waals surface area (Å²) in [4.78, 5) is 2.36. The third-order valence-corrected chi connectivity index (χ3v) is 3.13. The van der Waals surface area contributed by atoms with Crippen molar-refractivity contribution in [2.75, 3.05) is 7.05 Å². The fraction of sp³-hybridized carbons (Fsp3) is 1.00. The molecular weight excluding hydrogens is 126 g/mol. The van der Waals surface area contributed by atoms with Crippen molar-refractivity contribution in [3.8, 4) is 0 Å². The molecule has 0 aromatic heterocycles. The zero-order chi connectivity index (χ0) is 7.14. The van der Waals surface area contributed by atoms with Gasteiger partial charge in [-0.15, -0.1) is 0 Å². The summed E-state index contributed by atoms with van der Waals surface area (Å²) in [6.45, 7) is 0. The van der Waals surface area contributed by atoms with E-state index >= 15 is 0 Å². The predicted molar refractivity (Wildman–Crippen MR) is 39.8 cm³/mol. The van der Waals surface area contributed by atoms with Crippen molar-refractivity contribution in [2.24, 2.45) is 0 Å². The summed E-state index contributed by atoms with van der Waals surface area (Å²) in [5.41, 5.74) is 0. The fourth-order valence-corrected chi connectivity index (χ4v) is 2.41. The standard InChI is InChI=1S/C8H15NO/c1-9-6-2-4-7(9)8(10)5-3-6/h6-8,10H,2-5H2,1H3/t6-,7+,8-/m1/s1. The van der Waals surface area contributed by atoms with Crippen LogP contribution in [0.25, 0.3) is 0 Å². The van der Waals surface area contributed by atoms with Crippen LogP contribution < -0.4 is 0 Å². The molecule has 2 rings (SSSR count). The summed E-state index contributed by atoms with van der Waals surface area (Å²) in [5, 5.41) is 9.52. The van der Waals surface area contributed by atoms with E-state index in [2.05, 4.69) is 11.9 Å². The predicted octanol–water partition coefficient (Wildman–Crippen LogP) is 0.604. The number of nitrogens with zero attached hydrogens (tertiary/aromatic N) is 1. The SMILES string of the molecule is CN1[C@H]2CC[C@@H](O)[C@@H]1CC2. The number of hydrogen-bond donors (Lipinski definition) is 1. The molecule has 0 amide bonds. The highest BCUT2D eigenvalue weighted by Gasteiger charge is 2.38. The number of fused-ring (bicyclic) bond motifs is 2. The number of rotatable bonds is 0. The van der Waals surface area contributed by atoms with Crippen molar-refractivity contribution >= 4 is 0 Å². The molecule has 3 atom stereocenters. The first kappa shape index (κ1) is 6.62. The van der Waals surface area contributed by atoms with Crippen molar-refractivity contribution in [1.82, 2.24) is 4.90 Å². The minimum Gasteiger partial charge on any atom is -0.391 e. The van der Waals surface area contributed by atoms with Crippen molar-refractivity contribution in [1.29, 1.82) is 0 Å². The molecule has 0 aromatic carbocycles. The zero-order valence-electron chi connectivity index (χ0n) is 6.45. The Hall–Kier alpha value is -0.0800. The van der Waals surface area contributed by atoms with Crippen molar-refractivity contribution in [3.63, 3.8) is 0 Å². The largest absolute Gasteiger partial charge is 0.391 e. The van der Waals surface area contributed by atoms with Gasteiger partial charge in [-0.2, -0.15) is 0 Å². The van der Waals surface area contributed by atoms with Crippen LogP contribution in [0.4, 0.5) is 0 Å². The number of piperidine rings is 1. The van der Waals surface area contributed by atoms with Crippen LogP contribution in [0.3, 0.4) is 0 Å². The van der Waals surface area contributed by atoms with Gasteiger partial charge < -0.3 is 5.11 Å². The van der Waals surface area contributed by atoms with Gasteiger partial charge in [0.1, 0.15) is 0 Å². The molecule has 2 bridgehead atoms. The van der Waals surface area contributed by atoms with Crippen molar-refractivity contribution in [2.45, 2.75) is 43.9 Å². The molecule has 0 aromatic rings. The Morgan fingerprint density at radius 2 is 1.90 bits per heavy atom. The molecule has 0 spiro atoms. The van der Waals surface area contributed by atoms with Gasteiger partial charge in [0.25, 0.3) is 0 Å². The minimum absolute atomic E-state index is 0.0382. The zero-order valence-corrected chi connectivity index (χ0v) is 6.45. The monoisotopic (exact) mass is 141 g/mol. The van der Waals surface area contributed by atoms with Crippen LogP contribution in [0.5, 0.6) is 0 Å². The lowest BCUT2D eigenvalue weighted by Crippen LogP contribution is -2.44. The van der Waals surface area contributed by atoms with Crippen molar-refractivity contribution < 1.29 is 5.11 Å². The summed E-state index contributed by atoms with van der Waals surface area (Å²) in [6, 6.07) is 1.27. The maximum absolute atomic E-state index is 9.52. The minimum atomic E-state index is -0.0382. The lowest BCUT2D eigenvalue weighted by Gasteiger charge is -2.34. The Morgan fingerprint density at radius 1 is 1.20 bits per heavy atom. The first-order valence-corrected chi connectivity index (χ1v) is 4.19. The highest BCUT2D eigenvalue weighted by atomic mass is 16.3. The van der Waals surface area contributed by atoms with Gasteiger partial charge in [-0.3, -0.25) is 4.90 Å². The number of aliphatic hydroxyl groups excluding tert-OH is 1. The summed E-state index contributed by atoms with van der Waals surface area (Å²) in [5.74, 6) is 0. The summed E-state index contributed by atoms with van der Waals surface area (Å²) in [6.07, 6.45) is 4.71. The number of hydrogen-bond acceptors (Lipinski definition) is 2. The van der Waals surface area contributed by atoms with Crippen LogP contribution in [-0.4, -0.2) is 35.2 Å². The fourth-order valence-electron chi connectivity index (χ4n) is 2.41. The second kappa shape index (κ2) is 2.21. The van der Waals surface area contributed by atoms with E-state index in [0.29, 0.717) is 6.04 Å². The van der Waals surface area contributed by atoms with Gasteiger partial charge in [0, 0.05) is 12.1 Å². The summed E-state index contributed by atoms with van der Waals surface area (Å²) < 4.78 is 0. The third-order valence-electron chi connectivity index (χ3n) is 3.13. The van der Waals surface area contributed by atoms with Crippen LogP contribution in [0.15, 0.2) is 0 Å². The van der Waals surface area contributed by atoms with Crippen molar-refractivity contribution in [3.05, 3.63) is 0 Å². The first-order valence-electron chi connectivity index (χ1n) is 4.19. The Bertz CT molecular complexity index is 137. The van der Waals surface area contributed by atoms with Crippen LogP contribution >= 0.6 is 0 Å². The molecule has 0 radical (unpaired) electrons. The normalized spacial score (nSPS) is 48.0. The molecule has 2 fully saturated rings. The third kappa shape index (κ3) is 0.789. The van der Waals surface area contributed by atoms with E-state index in [1.807, 2.05) is 0 Å². The molecule has 0 unspecified atom stereocenters. The van der Waals surface area contributed by atoms with Gasteiger partial charge in [0.05, 0.1) is 6.10 Å². The number of aliphatic hydroxyl groups is 1. The Labute approximate surface area is 61.8 Å². The topological polar surface area (TPSA) is 23.5 Å². The summed E-state index contributed by atoms with van der Waals surface area (Å²) in [7, 11) is 2.14. The number of likely N-dealkylation sites (N-methyl/N-ethyl adjacent to an activating group) is 1. The van der Waals surface area contributed by atoms with Crippen LogP contribution in [-0.2, 0) is 0 Å². The van der Waals surface area contributed by atoms with Gasteiger partial charge in [0.2, 0.25) is 0 Å². The molecule has 2 heteroatoms. The van der Waals surface area contributed by atoms with E-state index < -0.39 is 0 Å². The average Bonchev–Trinajstić information content (AvgIpc) is 2.13. The van der Waals surface area contributed by atoms with E-state index in [1.54, 1.807) is 0 Å². The van der Waals surface area contributed by atoms with Crippen LogP contribution in [0.2, 0.25) is 0 Å². The van der Waals surface area contributed by atoms with E-state index in [0.717, 1.165) is 12.5 Å². The van der Waals surface area contributed by atoms with Crippen LogP contribution in [0.1, 0.15) is 25.7 Å². The van der Waals surface area contributed by atoms with Gasteiger partial charge in [0.15, 0.2) is 0 Å². The van der Waals surface area contributed by atoms with E-state index in [1.165, 1.54) is 19.3 Å². The van der Waals surface area contributed by atoms with Gasteiger partial charge in [-0.25, -0.2) is 0 Å². The highest BCUT2D eigenvalue weighted by Crippen LogP contribution is 2.33. The highest BCUT2D eigenvalue weighted by molar-refractivity contribution is 4.94. The Kier molecular flexibility index (Phi) is 1.46. The molecule has 2 aliphatic heterocycles. The molecule has 2 saturated heterocycles. The molecule has 0 aliphatic carbocycles. The maximum atomic E-state index is 9.52. The molecule has 2 nitrogen and oxygen atoms in total. The van der Waals surface area contributed by atoms with E-state index in [4.69, 9.17) is 0 Å². The maximum Gasteiger partial charge on any atom is 0.0696 e. The van der Waals surface area contributed by atoms with Gasteiger partial charge >= 0.3 is 0 Å². The van der Waals surface area contributed by atoms with Gasteiger partial charge in [-0.05, 0) is 32.7 Å². The molecule has 58 valence electrons. The lowest BCUT2D eigenvalue weighted by molar-refractivity contribution is 0.0294. The second-order valence-electron chi connectivity index (χ2n) is 3.61. The Morgan fingerprint density at radius 3 is 2.60 bits per heavy atom. The summed E-state index contributed by atoms with van der Waals surface area (Å²) >= 11 is 0.